The third-order valence-electron chi connectivity index (χ3n) is 3.06. The van der Waals surface area contributed by atoms with E-state index in [1.807, 2.05) is 0 Å². The second kappa shape index (κ2) is 7.35. The number of anilines is 1. The molecule has 1 amide bonds. The van der Waals surface area contributed by atoms with Gasteiger partial charge in [-0.25, -0.2) is 4.79 Å². The van der Waals surface area contributed by atoms with E-state index in [1.165, 1.54) is 25.3 Å². The molecule has 7 heteroatoms. The predicted molar refractivity (Wildman–Crippen MR) is 88.2 cm³/mol. The topological polar surface area (TPSA) is 75.6 Å². The van der Waals surface area contributed by atoms with Gasteiger partial charge in [-0.15, -0.1) is 0 Å². The molecule has 120 valence electrons. The third-order valence-corrected chi connectivity index (χ3v) is 3.80. The average molecular weight is 354 g/mol. The van der Waals surface area contributed by atoms with Crippen LogP contribution < -0.4 is 5.32 Å². The normalized spacial score (nSPS) is 10.2. The maximum absolute atomic E-state index is 12.1. The van der Waals surface area contributed by atoms with Crippen LogP contribution in [0, 0.1) is 0 Å². The molecule has 0 fully saturated rings. The minimum Gasteiger partial charge on any atom is -0.505 e. The molecule has 0 unspecified atom stereocenters. The number of hydrogen-bond donors (Lipinski definition) is 2. The van der Waals surface area contributed by atoms with Gasteiger partial charge in [-0.1, -0.05) is 35.3 Å². The maximum atomic E-state index is 12.1. The first-order valence-electron chi connectivity index (χ1n) is 6.56. The Morgan fingerprint density at radius 1 is 1.17 bits per heavy atom. The molecule has 23 heavy (non-hydrogen) atoms. The molecule has 2 aromatic carbocycles. The van der Waals surface area contributed by atoms with Gasteiger partial charge in [0.2, 0.25) is 5.91 Å². The third kappa shape index (κ3) is 4.15. The van der Waals surface area contributed by atoms with Crippen LogP contribution in [0.1, 0.15) is 15.9 Å². The van der Waals surface area contributed by atoms with Gasteiger partial charge in [-0.3, -0.25) is 4.79 Å². The van der Waals surface area contributed by atoms with Gasteiger partial charge in [0.1, 0.15) is 5.56 Å². The lowest BCUT2D eigenvalue weighted by molar-refractivity contribution is -0.115. The summed E-state index contributed by atoms with van der Waals surface area (Å²) in [6.45, 7) is 0. The highest BCUT2D eigenvalue weighted by Gasteiger charge is 2.16. The molecule has 0 radical (unpaired) electrons. The number of carbonyl (C=O) groups is 2. The second-order valence-corrected chi connectivity index (χ2v) is 5.48. The van der Waals surface area contributed by atoms with Crippen LogP contribution in [0.3, 0.4) is 0 Å². The van der Waals surface area contributed by atoms with E-state index in [1.54, 1.807) is 18.2 Å². The summed E-state index contributed by atoms with van der Waals surface area (Å²) < 4.78 is 4.56. The molecule has 0 heterocycles. The van der Waals surface area contributed by atoms with E-state index in [9.17, 15) is 14.7 Å². The number of carbonyl (C=O) groups excluding carboxylic acids is 2. The fourth-order valence-electron chi connectivity index (χ4n) is 1.95. The van der Waals surface area contributed by atoms with E-state index < -0.39 is 5.97 Å². The zero-order valence-corrected chi connectivity index (χ0v) is 13.6. The number of benzene rings is 2. The van der Waals surface area contributed by atoms with Crippen molar-refractivity contribution in [2.75, 3.05) is 12.4 Å². The quantitative estimate of drug-likeness (QED) is 0.649. The van der Waals surface area contributed by atoms with Crippen molar-refractivity contribution in [3.05, 3.63) is 57.6 Å². The smallest absolute Gasteiger partial charge is 0.341 e. The van der Waals surface area contributed by atoms with Crippen molar-refractivity contribution < 1.29 is 19.4 Å². The first-order chi connectivity index (χ1) is 10.9. The molecule has 0 bridgehead atoms. The number of rotatable bonds is 4. The summed E-state index contributed by atoms with van der Waals surface area (Å²) in [6, 6.07) is 9.28. The Morgan fingerprint density at radius 2 is 1.91 bits per heavy atom. The Hall–Kier alpha value is -2.24. The van der Waals surface area contributed by atoms with Gasteiger partial charge in [-0.2, -0.15) is 0 Å². The summed E-state index contributed by atoms with van der Waals surface area (Å²) in [7, 11) is 1.21. The van der Waals surface area contributed by atoms with E-state index in [-0.39, 0.29) is 29.3 Å². The molecule has 0 saturated heterocycles. The fraction of sp³-hybridized carbons (Fsp3) is 0.125. The summed E-state index contributed by atoms with van der Waals surface area (Å²) in [4.78, 5) is 23.6. The SMILES string of the molecule is COC(=O)c1cccc(NC(=O)Cc2ccc(Cl)c(Cl)c2)c1O. The Kier molecular flexibility index (Phi) is 5.47. The summed E-state index contributed by atoms with van der Waals surface area (Å²) in [5.41, 5.74) is 0.762. The van der Waals surface area contributed by atoms with Crippen LogP contribution in [0.2, 0.25) is 10.0 Å². The van der Waals surface area contributed by atoms with E-state index in [0.29, 0.717) is 15.6 Å². The van der Waals surface area contributed by atoms with Crippen LogP contribution in [0.5, 0.6) is 5.75 Å². The Labute approximate surface area is 142 Å². The van der Waals surface area contributed by atoms with Crippen LogP contribution in [0.25, 0.3) is 0 Å². The van der Waals surface area contributed by atoms with Crippen molar-refractivity contribution >= 4 is 40.8 Å². The molecule has 0 aliphatic heterocycles. The fourth-order valence-corrected chi connectivity index (χ4v) is 2.27. The van der Waals surface area contributed by atoms with Crippen molar-refractivity contribution in [2.45, 2.75) is 6.42 Å². The van der Waals surface area contributed by atoms with Gasteiger partial charge >= 0.3 is 5.97 Å². The van der Waals surface area contributed by atoms with Gasteiger partial charge in [0, 0.05) is 0 Å². The zero-order valence-electron chi connectivity index (χ0n) is 12.1. The molecule has 0 aromatic heterocycles. The maximum Gasteiger partial charge on any atom is 0.341 e. The van der Waals surface area contributed by atoms with Crippen LogP contribution in [0.4, 0.5) is 5.69 Å². The van der Waals surface area contributed by atoms with Gasteiger partial charge in [-0.05, 0) is 29.8 Å². The first-order valence-corrected chi connectivity index (χ1v) is 7.32. The summed E-state index contributed by atoms with van der Waals surface area (Å²) in [5, 5.41) is 13.3. The molecular formula is C16H13Cl2NO4. The molecule has 0 spiro atoms. The van der Waals surface area contributed by atoms with Crippen molar-refractivity contribution in [1.82, 2.24) is 0 Å². The highest BCUT2D eigenvalue weighted by atomic mass is 35.5. The number of ether oxygens (including phenoxy) is 1. The number of esters is 1. The second-order valence-electron chi connectivity index (χ2n) is 4.67. The van der Waals surface area contributed by atoms with Gasteiger partial charge in [0.25, 0.3) is 0 Å². The molecular weight excluding hydrogens is 341 g/mol. The van der Waals surface area contributed by atoms with Crippen LogP contribution in [-0.4, -0.2) is 24.1 Å². The number of hydrogen-bond acceptors (Lipinski definition) is 4. The highest BCUT2D eigenvalue weighted by molar-refractivity contribution is 6.42. The van der Waals surface area contributed by atoms with Crippen molar-refractivity contribution in [3.63, 3.8) is 0 Å². The first kappa shape index (κ1) is 17.1. The molecule has 2 N–H and O–H groups in total. The molecule has 0 aliphatic rings. The molecule has 5 nitrogen and oxygen atoms in total. The lowest BCUT2D eigenvalue weighted by Crippen LogP contribution is -2.15. The number of aromatic hydroxyl groups is 1. The largest absolute Gasteiger partial charge is 0.505 e. The Morgan fingerprint density at radius 3 is 2.57 bits per heavy atom. The van der Waals surface area contributed by atoms with Gasteiger partial charge < -0.3 is 15.2 Å². The van der Waals surface area contributed by atoms with Crippen LogP contribution in [-0.2, 0) is 16.0 Å². The van der Waals surface area contributed by atoms with E-state index in [2.05, 4.69) is 10.1 Å². The molecule has 2 rings (SSSR count). The number of nitrogens with one attached hydrogen (secondary N) is 1. The van der Waals surface area contributed by atoms with Crippen molar-refractivity contribution in [2.24, 2.45) is 0 Å². The molecule has 0 aliphatic carbocycles. The predicted octanol–water partition coefficient (Wildman–Crippen LogP) is 3.67. The molecule has 0 saturated carbocycles. The number of amides is 1. The number of para-hydroxylation sites is 1. The zero-order chi connectivity index (χ0) is 17.0. The Bertz CT molecular complexity index is 762. The molecule has 0 atom stereocenters. The van der Waals surface area contributed by atoms with E-state index in [0.717, 1.165) is 0 Å². The monoisotopic (exact) mass is 353 g/mol. The summed E-state index contributed by atoms with van der Waals surface area (Å²) >= 11 is 11.7. The summed E-state index contributed by atoms with van der Waals surface area (Å²) in [6.07, 6.45) is 0.0405. The van der Waals surface area contributed by atoms with Crippen molar-refractivity contribution in [1.29, 1.82) is 0 Å². The standard InChI is InChI=1S/C16H13Cl2NO4/c1-23-16(22)10-3-2-4-13(15(10)21)19-14(20)8-9-5-6-11(17)12(18)7-9/h2-7,21H,8H2,1H3,(H,19,20). The number of phenolic OH excluding ortho intramolecular Hbond substituents is 1. The van der Waals surface area contributed by atoms with Crippen LogP contribution >= 0.6 is 23.2 Å². The number of phenols is 1. The highest BCUT2D eigenvalue weighted by Crippen LogP contribution is 2.28. The lowest BCUT2D eigenvalue weighted by atomic mass is 10.1. The van der Waals surface area contributed by atoms with Gasteiger partial charge in [0.15, 0.2) is 5.75 Å². The average Bonchev–Trinajstić information content (AvgIpc) is 2.52. The minimum atomic E-state index is -0.692. The number of methoxy groups -OCH3 is 1. The summed E-state index contributed by atoms with van der Waals surface area (Å²) in [5.74, 6) is -1.41. The lowest BCUT2D eigenvalue weighted by Gasteiger charge is -2.10. The number of halogens is 2. The van der Waals surface area contributed by atoms with E-state index >= 15 is 0 Å². The molecule has 2 aromatic rings. The van der Waals surface area contributed by atoms with Crippen LogP contribution in [0.15, 0.2) is 36.4 Å². The minimum absolute atomic E-state index is 0.0279. The van der Waals surface area contributed by atoms with Crippen molar-refractivity contribution in [3.8, 4) is 5.75 Å². The van der Waals surface area contributed by atoms with Gasteiger partial charge in [0.05, 0.1) is 29.3 Å². The Balaban J connectivity index is 2.14. The van der Waals surface area contributed by atoms with E-state index in [4.69, 9.17) is 23.2 Å².